The van der Waals surface area contributed by atoms with E-state index in [2.05, 4.69) is 22.8 Å². The van der Waals surface area contributed by atoms with Crippen LogP contribution in [-0.4, -0.2) is 44.1 Å². The molecule has 0 spiro atoms. The first-order valence-corrected chi connectivity index (χ1v) is 6.03. The molecule has 1 aromatic carbocycles. The highest BCUT2D eigenvalue weighted by Crippen LogP contribution is 2.26. The number of para-hydroxylation sites is 1. The summed E-state index contributed by atoms with van der Waals surface area (Å²) in [6.45, 7) is 2.04. The lowest BCUT2D eigenvalue weighted by atomic mass is 10.1. The van der Waals surface area contributed by atoms with Crippen molar-refractivity contribution in [3.8, 4) is 0 Å². The Hall–Kier alpha value is -1.10. The topological polar surface area (TPSA) is 53.5 Å². The third-order valence-electron chi connectivity index (χ3n) is 3.10. The molecule has 17 heavy (non-hydrogen) atoms. The number of fused-ring (bicyclic) bond motifs is 1. The van der Waals surface area contributed by atoms with Crippen molar-refractivity contribution >= 4 is 5.69 Å². The maximum absolute atomic E-state index is 10.1. The molecule has 2 rings (SSSR count). The van der Waals surface area contributed by atoms with Crippen molar-refractivity contribution in [2.75, 3.05) is 32.1 Å². The van der Waals surface area contributed by atoms with Gasteiger partial charge in [-0.3, -0.25) is 0 Å². The van der Waals surface area contributed by atoms with Crippen LogP contribution in [-0.2, 0) is 11.2 Å². The number of anilines is 1. The van der Waals surface area contributed by atoms with Gasteiger partial charge in [0.15, 0.2) is 0 Å². The van der Waals surface area contributed by atoms with Crippen molar-refractivity contribution in [1.29, 1.82) is 0 Å². The first kappa shape index (κ1) is 12.4. The van der Waals surface area contributed by atoms with E-state index in [1.165, 1.54) is 5.56 Å². The largest absolute Gasteiger partial charge is 0.390 e. The van der Waals surface area contributed by atoms with Crippen molar-refractivity contribution in [2.24, 2.45) is 0 Å². The van der Waals surface area contributed by atoms with Gasteiger partial charge in [0.05, 0.1) is 18.8 Å². The first-order valence-electron chi connectivity index (χ1n) is 6.03. The van der Waals surface area contributed by atoms with Crippen LogP contribution in [0.5, 0.6) is 0 Å². The number of rotatable bonds is 6. The Balaban J connectivity index is 1.78. The van der Waals surface area contributed by atoms with Gasteiger partial charge in [-0.25, -0.2) is 0 Å². The number of benzene rings is 1. The van der Waals surface area contributed by atoms with Gasteiger partial charge < -0.3 is 20.5 Å². The minimum absolute atomic E-state index is 0.113. The average molecular weight is 236 g/mol. The molecule has 0 saturated heterocycles. The summed E-state index contributed by atoms with van der Waals surface area (Å²) in [6.07, 6.45) is 0.516. The summed E-state index contributed by atoms with van der Waals surface area (Å²) in [6, 6.07) is 8.32. The Kier molecular flexibility index (Phi) is 4.36. The minimum atomic E-state index is -0.376. The summed E-state index contributed by atoms with van der Waals surface area (Å²) in [5, 5.41) is 16.6. The molecule has 0 fully saturated rings. The fourth-order valence-corrected chi connectivity index (χ4v) is 2.13. The minimum Gasteiger partial charge on any atom is -0.390 e. The molecule has 2 unspecified atom stereocenters. The molecule has 1 heterocycles. The van der Waals surface area contributed by atoms with E-state index in [0.717, 1.165) is 18.7 Å². The Labute approximate surface area is 102 Å². The average Bonchev–Trinajstić information content (AvgIpc) is 2.78. The predicted octanol–water partition coefficient (Wildman–Crippen LogP) is 0.620. The van der Waals surface area contributed by atoms with Crippen molar-refractivity contribution in [2.45, 2.75) is 18.6 Å². The Morgan fingerprint density at radius 3 is 3.12 bits per heavy atom. The third-order valence-corrected chi connectivity index (χ3v) is 3.10. The molecule has 0 saturated carbocycles. The van der Waals surface area contributed by atoms with Gasteiger partial charge in [0.25, 0.3) is 0 Å². The number of aliphatic hydroxyl groups excluding tert-OH is 1. The summed E-state index contributed by atoms with van der Waals surface area (Å²) >= 11 is 0. The third kappa shape index (κ3) is 3.19. The highest BCUT2D eigenvalue weighted by Gasteiger charge is 2.25. The van der Waals surface area contributed by atoms with Crippen LogP contribution in [0.1, 0.15) is 5.56 Å². The zero-order chi connectivity index (χ0) is 12.1. The molecule has 1 aromatic rings. The highest BCUT2D eigenvalue weighted by molar-refractivity contribution is 5.56. The molecule has 1 aliphatic heterocycles. The number of hydrogen-bond acceptors (Lipinski definition) is 4. The zero-order valence-corrected chi connectivity index (χ0v) is 10.1. The molecule has 0 aromatic heterocycles. The predicted molar refractivity (Wildman–Crippen MR) is 68.3 cm³/mol. The SMILES string of the molecule is COCCNCC(O)C1Cc2ccccc2N1. The van der Waals surface area contributed by atoms with E-state index >= 15 is 0 Å². The van der Waals surface area contributed by atoms with Crippen molar-refractivity contribution < 1.29 is 9.84 Å². The van der Waals surface area contributed by atoms with Gasteiger partial charge in [-0.2, -0.15) is 0 Å². The fourth-order valence-electron chi connectivity index (χ4n) is 2.13. The van der Waals surface area contributed by atoms with E-state index in [9.17, 15) is 5.11 Å². The fraction of sp³-hybridized carbons (Fsp3) is 0.538. The second-order valence-corrected chi connectivity index (χ2v) is 4.38. The van der Waals surface area contributed by atoms with Crippen LogP contribution < -0.4 is 10.6 Å². The second-order valence-electron chi connectivity index (χ2n) is 4.38. The second kappa shape index (κ2) is 6.00. The van der Waals surface area contributed by atoms with Gasteiger partial charge in [-0.05, 0) is 18.1 Å². The van der Waals surface area contributed by atoms with Crippen LogP contribution in [0.2, 0.25) is 0 Å². The number of hydrogen-bond donors (Lipinski definition) is 3. The van der Waals surface area contributed by atoms with Gasteiger partial charge in [0.1, 0.15) is 0 Å². The Morgan fingerprint density at radius 1 is 1.53 bits per heavy atom. The van der Waals surface area contributed by atoms with Crippen LogP contribution in [0.3, 0.4) is 0 Å². The summed E-state index contributed by atoms with van der Waals surface area (Å²) in [4.78, 5) is 0. The summed E-state index contributed by atoms with van der Waals surface area (Å²) < 4.78 is 4.94. The van der Waals surface area contributed by atoms with Crippen molar-refractivity contribution in [3.63, 3.8) is 0 Å². The van der Waals surface area contributed by atoms with E-state index in [-0.39, 0.29) is 12.1 Å². The van der Waals surface area contributed by atoms with Gasteiger partial charge in [0.2, 0.25) is 0 Å². The lowest BCUT2D eigenvalue weighted by Crippen LogP contribution is -2.40. The maximum Gasteiger partial charge on any atom is 0.0868 e. The number of nitrogens with one attached hydrogen (secondary N) is 2. The van der Waals surface area contributed by atoms with Gasteiger partial charge in [-0.15, -0.1) is 0 Å². The molecule has 2 atom stereocenters. The van der Waals surface area contributed by atoms with Crippen LogP contribution in [0, 0.1) is 0 Å². The molecular formula is C13H20N2O2. The Bertz CT molecular complexity index is 332. The lowest BCUT2D eigenvalue weighted by molar-refractivity contribution is 0.144. The molecule has 0 radical (unpaired) electrons. The maximum atomic E-state index is 10.1. The zero-order valence-electron chi connectivity index (χ0n) is 10.1. The molecule has 4 nitrogen and oxygen atoms in total. The molecule has 0 aliphatic carbocycles. The number of aliphatic hydroxyl groups is 1. The molecule has 94 valence electrons. The van der Waals surface area contributed by atoms with E-state index in [0.29, 0.717) is 13.2 Å². The Morgan fingerprint density at radius 2 is 2.35 bits per heavy atom. The van der Waals surface area contributed by atoms with Gasteiger partial charge in [-0.1, -0.05) is 18.2 Å². The van der Waals surface area contributed by atoms with Gasteiger partial charge >= 0.3 is 0 Å². The summed E-state index contributed by atoms with van der Waals surface area (Å²) in [5.41, 5.74) is 2.43. The van der Waals surface area contributed by atoms with Crippen molar-refractivity contribution in [1.82, 2.24) is 5.32 Å². The number of ether oxygens (including phenoxy) is 1. The summed E-state index contributed by atoms with van der Waals surface area (Å²) in [5.74, 6) is 0. The first-order chi connectivity index (χ1) is 8.31. The highest BCUT2D eigenvalue weighted by atomic mass is 16.5. The molecule has 1 aliphatic rings. The summed E-state index contributed by atoms with van der Waals surface area (Å²) in [7, 11) is 1.67. The molecular weight excluding hydrogens is 216 g/mol. The van der Waals surface area contributed by atoms with E-state index in [4.69, 9.17) is 4.74 Å². The van der Waals surface area contributed by atoms with E-state index < -0.39 is 0 Å². The van der Waals surface area contributed by atoms with Crippen LogP contribution >= 0.6 is 0 Å². The lowest BCUT2D eigenvalue weighted by Gasteiger charge is -2.19. The van der Waals surface area contributed by atoms with Crippen LogP contribution in [0.4, 0.5) is 5.69 Å². The van der Waals surface area contributed by atoms with Crippen LogP contribution in [0.15, 0.2) is 24.3 Å². The monoisotopic (exact) mass is 236 g/mol. The van der Waals surface area contributed by atoms with Gasteiger partial charge in [0, 0.05) is 25.9 Å². The molecule has 4 heteroatoms. The molecule has 0 amide bonds. The number of methoxy groups -OCH3 is 1. The molecule has 0 bridgehead atoms. The van der Waals surface area contributed by atoms with E-state index in [1.54, 1.807) is 7.11 Å². The smallest absolute Gasteiger partial charge is 0.0868 e. The van der Waals surface area contributed by atoms with Crippen LogP contribution in [0.25, 0.3) is 0 Å². The van der Waals surface area contributed by atoms with Crippen molar-refractivity contribution in [3.05, 3.63) is 29.8 Å². The normalized spacial score (nSPS) is 19.8. The molecule has 3 N–H and O–H groups in total. The quantitative estimate of drug-likeness (QED) is 0.634. The standard InChI is InChI=1S/C13H20N2O2/c1-17-7-6-14-9-13(16)12-8-10-4-2-3-5-11(10)15-12/h2-5,12-16H,6-9H2,1H3. The van der Waals surface area contributed by atoms with E-state index in [1.807, 2.05) is 12.1 Å².